The Morgan fingerprint density at radius 3 is 2.67 bits per heavy atom. The van der Waals surface area contributed by atoms with Gasteiger partial charge in [-0.15, -0.1) is 12.4 Å². The summed E-state index contributed by atoms with van der Waals surface area (Å²) in [7, 11) is 0. The van der Waals surface area contributed by atoms with Crippen LogP contribution in [0, 0.1) is 0 Å². The zero-order valence-electron chi connectivity index (χ0n) is 11.3. The molecule has 2 aliphatic rings. The van der Waals surface area contributed by atoms with E-state index in [1.165, 1.54) is 19.3 Å². The maximum Gasteiger partial charge on any atom is 0.236 e. The third kappa shape index (κ3) is 3.84. The highest BCUT2D eigenvalue weighted by Crippen LogP contribution is 2.20. The summed E-state index contributed by atoms with van der Waals surface area (Å²) in [5.41, 5.74) is 5.87. The van der Waals surface area contributed by atoms with Gasteiger partial charge < -0.3 is 10.6 Å². The summed E-state index contributed by atoms with van der Waals surface area (Å²) in [6, 6.07) is 0.749. The van der Waals surface area contributed by atoms with Gasteiger partial charge in [-0.2, -0.15) is 0 Å². The van der Waals surface area contributed by atoms with Crippen molar-refractivity contribution in [2.45, 2.75) is 51.1 Å². The molecule has 2 rings (SSSR count). The number of carbonyl (C=O) groups is 1. The van der Waals surface area contributed by atoms with E-state index in [0.29, 0.717) is 18.5 Å². The lowest BCUT2D eigenvalue weighted by Gasteiger charge is -2.36. The van der Waals surface area contributed by atoms with Gasteiger partial charge in [0.1, 0.15) is 0 Å². The fraction of sp³-hybridized carbons (Fsp3) is 0.923. The van der Waals surface area contributed by atoms with Crippen molar-refractivity contribution < 1.29 is 4.79 Å². The molecule has 18 heavy (non-hydrogen) atoms. The Labute approximate surface area is 116 Å². The molecule has 5 heteroatoms. The van der Waals surface area contributed by atoms with Crippen LogP contribution in [-0.4, -0.2) is 54.0 Å². The van der Waals surface area contributed by atoms with Gasteiger partial charge in [0.25, 0.3) is 0 Å². The number of nitrogens with zero attached hydrogens (tertiary/aromatic N) is 2. The summed E-state index contributed by atoms with van der Waals surface area (Å²) in [6.45, 7) is 5.58. The van der Waals surface area contributed by atoms with Gasteiger partial charge in [-0.05, 0) is 32.1 Å². The van der Waals surface area contributed by atoms with Crippen LogP contribution in [0.1, 0.15) is 39.0 Å². The number of piperidine rings is 1. The Bertz CT molecular complexity index is 275. The second kappa shape index (κ2) is 7.31. The number of likely N-dealkylation sites (tertiary alicyclic amines) is 2. The molecule has 2 aliphatic heterocycles. The zero-order chi connectivity index (χ0) is 12.3. The maximum absolute atomic E-state index is 12.3. The van der Waals surface area contributed by atoms with Crippen LogP contribution in [0.3, 0.4) is 0 Å². The minimum atomic E-state index is 0. The first kappa shape index (κ1) is 15.7. The van der Waals surface area contributed by atoms with Gasteiger partial charge in [-0.1, -0.05) is 6.92 Å². The largest absolute Gasteiger partial charge is 0.339 e. The first-order valence-electron chi connectivity index (χ1n) is 6.98. The maximum atomic E-state index is 12.3. The van der Waals surface area contributed by atoms with Crippen LogP contribution in [0.4, 0.5) is 0 Å². The molecule has 1 amide bonds. The summed E-state index contributed by atoms with van der Waals surface area (Å²) in [6.07, 6.45) is 5.75. The number of hydrogen-bond acceptors (Lipinski definition) is 3. The fourth-order valence-electron chi connectivity index (χ4n) is 3.04. The van der Waals surface area contributed by atoms with E-state index in [1.54, 1.807) is 0 Å². The summed E-state index contributed by atoms with van der Waals surface area (Å²) in [5.74, 6) is 0.311. The molecule has 0 aromatic rings. The molecule has 0 spiro atoms. The smallest absolute Gasteiger partial charge is 0.236 e. The molecular weight excluding hydrogens is 250 g/mol. The third-order valence-electron chi connectivity index (χ3n) is 4.09. The van der Waals surface area contributed by atoms with Crippen LogP contribution in [0.25, 0.3) is 0 Å². The van der Waals surface area contributed by atoms with Gasteiger partial charge in [0.15, 0.2) is 0 Å². The molecule has 0 radical (unpaired) electrons. The van der Waals surface area contributed by atoms with Crippen molar-refractivity contribution in [3.05, 3.63) is 0 Å². The highest BCUT2D eigenvalue weighted by molar-refractivity contribution is 5.85. The molecule has 0 aromatic carbocycles. The van der Waals surface area contributed by atoms with Crippen molar-refractivity contribution in [1.82, 2.24) is 9.80 Å². The number of rotatable bonds is 3. The fourth-order valence-corrected chi connectivity index (χ4v) is 3.04. The van der Waals surface area contributed by atoms with E-state index in [-0.39, 0.29) is 18.4 Å². The molecule has 2 saturated heterocycles. The average molecular weight is 276 g/mol. The van der Waals surface area contributed by atoms with Crippen LogP contribution in [0.5, 0.6) is 0 Å². The Morgan fingerprint density at radius 1 is 1.28 bits per heavy atom. The second-order valence-electron chi connectivity index (χ2n) is 5.43. The lowest BCUT2D eigenvalue weighted by Crippen LogP contribution is -2.47. The van der Waals surface area contributed by atoms with Crippen LogP contribution in [0.2, 0.25) is 0 Å². The van der Waals surface area contributed by atoms with Crippen LogP contribution in [-0.2, 0) is 4.79 Å². The van der Waals surface area contributed by atoms with Crippen LogP contribution >= 0.6 is 12.4 Å². The minimum absolute atomic E-state index is 0. The van der Waals surface area contributed by atoms with Crippen molar-refractivity contribution in [2.24, 2.45) is 5.73 Å². The lowest BCUT2D eigenvalue weighted by molar-refractivity contribution is -0.135. The van der Waals surface area contributed by atoms with E-state index in [1.807, 2.05) is 0 Å². The Morgan fingerprint density at radius 2 is 2.06 bits per heavy atom. The second-order valence-corrected chi connectivity index (χ2v) is 5.43. The van der Waals surface area contributed by atoms with Gasteiger partial charge >= 0.3 is 0 Å². The van der Waals surface area contributed by atoms with Crippen molar-refractivity contribution in [3.63, 3.8) is 0 Å². The predicted molar refractivity (Wildman–Crippen MR) is 75.9 cm³/mol. The van der Waals surface area contributed by atoms with Gasteiger partial charge in [0.05, 0.1) is 6.54 Å². The van der Waals surface area contributed by atoms with E-state index in [0.717, 1.165) is 32.5 Å². The monoisotopic (exact) mass is 275 g/mol. The van der Waals surface area contributed by atoms with Crippen molar-refractivity contribution in [1.29, 1.82) is 0 Å². The van der Waals surface area contributed by atoms with E-state index in [4.69, 9.17) is 5.73 Å². The standard InChI is InChI=1S/C13H25N3O.ClH/c1-2-12-5-3-4-7-16(12)13(17)10-15-8-6-11(14)9-15;/h11-12H,2-10,14H2,1H3;1H/t11-,12?;/m1./s1. The highest BCUT2D eigenvalue weighted by atomic mass is 35.5. The van der Waals surface area contributed by atoms with Crippen molar-refractivity contribution in [3.8, 4) is 0 Å². The molecule has 0 bridgehead atoms. The molecule has 0 aliphatic carbocycles. The van der Waals surface area contributed by atoms with E-state index >= 15 is 0 Å². The predicted octanol–water partition coefficient (Wildman–Crippen LogP) is 1.23. The van der Waals surface area contributed by atoms with Crippen molar-refractivity contribution >= 4 is 18.3 Å². The summed E-state index contributed by atoms with van der Waals surface area (Å²) >= 11 is 0. The molecule has 4 nitrogen and oxygen atoms in total. The van der Waals surface area contributed by atoms with Gasteiger partial charge in [-0.25, -0.2) is 0 Å². The zero-order valence-corrected chi connectivity index (χ0v) is 12.1. The van der Waals surface area contributed by atoms with E-state index in [2.05, 4.69) is 16.7 Å². The lowest BCUT2D eigenvalue weighted by atomic mass is 10.00. The Balaban J connectivity index is 0.00000162. The first-order chi connectivity index (χ1) is 8.20. The number of hydrogen-bond donors (Lipinski definition) is 1. The van der Waals surface area contributed by atoms with Gasteiger partial charge in [0, 0.05) is 31.7 Å². The van der Waals surface area contributed by atoms with Gasteiger partial charge in [0.2, 0.25) is 5.91 Å². The Hall–Kier alpha value is -0.320. The molecule has 106 valence electrons. The van der Waals surface area contributed by atoms with Crippen LogP contribution in [0.15, 0.2) is 0 Å². The minimum Gasteiger partial charge on any atom is -0.339 e. The molecule has 2 atom stereocenters. The molecular formula is C13H26ClN3O. The van der Waals surface area contributed by atoms with E-state index < -0.39 is 0 Å². The normalized spacial score (nSPS) is 29.1. The quantitative estimate of drug-likeness (QED) is 0.843. The third-order valence-corrected chi connectivity index (χ3v) is 4.09. The number of amides is 1. The number of halogens is 1. The molecule has 2 heterocycles. The summed E-state index contributed by atoms with van der Waals surface area (Å²) < 4.78 is 0. The topological polar surface area (TPSA) is 49.6 Å². The SMILES string of the molecule is CCC1CCCCN1C(=O)CN1CC[C@@H](N)C1.Cl. The molecule has 0 saturated carbocycles. The van der Waals surface area contributed by atoms with Crippen molar-refractivity contribution in [2.75, 3.05) is 26.2 Å². The van der Waals surface area contributed by atoms with E-state index in [9.17, 15) is 4.79 Å². The average Bonchev–Trinajstić information content (AvgIpc) is 2.74. The highest BCUT2D eigenvalue weighted by Gasteiger charge is 2.28. The molecule has 2 fully saturated rings. The van der Waals surface area contributed by atoms with Crippen LogP contribution < -0.4 is 5.73 Å². The van der Waals surface area contributed by atoms with Gasteiger partial charge in [-0.3, -0.25) is 9.69 Å². The summed E-state index contributed by atoms with van der Waals surface area (Å²) in [4.78, 5) is 16.6. The first-order valence-corrected chi connectivity index (χ1v) is 6.98. The summed E-state index contributed by atoms with van der Waals surface area (Å²) in [5, 5.41) is 0. The molecule has 0 aromatic heterocycles. The number of carbonyl (C=O) groups excluding carboxylic acids is 1. The Kier molecular flexibility index (Phi) is 6.39. The molecule has 1 unspecified atom stereocenters. The number of nitrogens with two attached hydrogens (primary N) is 1. The molecule has 2 N–H and O–H groups in total.